The molecule has 20 heavy (non-hydrogen) atoms. The summed E-state index contributed by atoms with van der Waals surface area (Å²) >= 11 is 0. The maximum absolute atomic E-state index is 12.8. The highest BCUT2D eigenvalue weighted by Crippen LogP contribution is 2.39. The molecule has 0 aromatic heterocycles. The minimum absolute atomic E-state index is 0.0758. The molecule has 3 unspecified atom stereocenters. The van der Waals surface area contributed by atoms with Crippen molar-refractivity contribution in [2.45, 2.75) is 63.0 Å². The Morgan fingerprint density at radius 1 is 1.05 bits per heavy atom. The zero-order valence-electron chi connectivity index (χ0n) is 12.3. The predicted octanol–water partition coefficient (Wildman–Crippen LogP) is 2.05. The Balaban J connectivity index is 1.62. The summed E-state index contributed by atoms with van der Waals surface area (Å²) in [4.78, 5) is 12.8. The molecule has 2 heterocycles. The van der Waals surface area contributed by atoms with Crippen LogP contribution in [0.3, 0.4) is 0 Å². The van der Waals surface area contributed by atoms with Crippen molar-refractivity contribution >= 4 is 5.78 Å². The van der Waals surface area contributed by atoms with E-state index in [1.165, 1.54) is 0 Å². The van der Waals surface area contributed by atoms with Crippen molar-refractivity contribution in [3.05, 3.63) is 0 Å². The lowest BCUT2D eigenvalue weighted by Gasteiger charge is -2.43. The first-order valence-electron chi connectivity index (χ1n) is 8.20. The van der Waals surface area contributed by atoms with Crippen LogP contribution in [0, 0.1) is 11.8 Å². The number of carbonyl (C=O) groups is 1. The second-order valence-electron chi connectivity index (χ2n) is 6.86. The lowest BCUT2D eigenvalue weighted by molar-refractivity contribution is -0.159. The molecule has 3 atom stereocenters. The normalized spacial score (nSPS) is 37.8. The van der Waals surface area contributed by atoms with E-state index in [4.69, 9.17) is 15.2 Å². The van der Waals surface area contributed by atoms with Crippen LogP contribution in [0.1, 0.15) is 51.4 Å². The van der Waals surface area contributed by atoms with Crippen LogP contribution in [0.5, 0.6) is 0 Å². The van der Waals surface area contributed by atoms with E-state index in [9.17, 15) is 4.79 Å². The van der Waals surface area contributed by atoms with Crippen LogP contribution in [-0.4, -0.2) is 37.2 Å². The van der Waals surface area contributed by atoms with Crippen molar-refractivity contribution in [1.29, 1.82) is 0 Å². The standard InChI is InChI=1S/C16H27NO3/c17-14-3-1-2-12(10-14)15(18)13-4-7-20-16(11-13)5-8-19-9-6-16/h12-14H,1-11,17H2. The number of hydrogen-bond donors (Lipinski definition) is 1. The molecule has 0 amide bonds. The van der Waals surface area contributed by atoms with Crippen LogP contribution in [0.2, 0.25) is 0 Å². The van der Waals surface area contributed by atoms with Crippen LogP contribution >= 0.6 is 0 Å². The maximum atomic E-state index is 12.8. The van der Waals surface area contributed by atoms with Gasteiger partial charge in [-0.2, -0.15) is 0 Å². The number of Topliss-reactive ketones (excluding diaryl/α,β-unsaturated/α-hetero) is 1. The Morgan fingerprint density at radius 2 is 1.85 bits per heavy atom. The van der Waals surface area contributed by atoms with Crippen molar-refractivity contribution in [3.8, 4) is 0 Å². The van der Waals surface area contributed by atoms with E-state index in [1.54, 1.807) is 0 Å². The van der Waals surface area contributed by atoms with Crippen molar-refractivity contribution in [3.63, 3.8) is 0 Å². The molecule has 3 fully saturated rings. The Labute approximate surface area is 121 Å². The molecular formula is C16H27NO3. The van der Waals surface area contributed by atoms with Gasteiger partial charge in [0.15, 0.2) is 0 Å². The van der Waals surface area contributed by atoms with Gasteiger partial charge in [-0.3, -0.25) is 4.79 Å². The summed E-state index contributed by atoms with van der Waals surface area (Å²) in [5.41, 5.74) is 5.96. The number of hydrogen-bond acceptors (Lipinski definition) is 4. The third kappa shape index (κ3) is 3.07. The molecular weight excluding hydrogens is 254 g/mol. The summed E-state index contributed by atoms with van der Waals surface area (Å²) in [5, 5.41) is 0. The molecule has 4 heteroatoms. The highest BCUT2D eigenvalue weighted by atomic mass is 16.5. The average molecular weight is 281 g/mol. The van der Waals surface area contributed by atoms with Gasteiger partial charge >= 0.3 is 0 Å². The fourth-order valence-electron chi connectivity index (χ4n) is 4.18. The van der Waals surface area contributed by atoms with Gasteiger partial charge in [0.05, 0.1) is 5.60 Å². The third-order valence-electron chi connectivity index (χ3n) is 5.42. The monoisotopic (exact) mass is 281 g/mol. The van der Waals surface area contributed by atoms with Gasteiger partial charge < -0.3 is 15.2 Å². The van der Waals surface area contributed by atoms with Gasteiger partial charge in [0.2, 0.25) is 0 Å². The summed E-state index contributed by atoms with van der Waals surface area (Å²) in [5.74, 6) is 0.866. The van der Waals surface area contributed by atoms with Gasteiger partial charge in [0.1, 0.15) is 5.78 Å². The Bertz CT molecular complexity index is 346. The minimum Gasteiger partial charge on any atom is -0.381 e. The topological polar surface area (TPSA) is 61.6 Å². The van der Waals surface area contributed by atoms with Gasteiger partial charge in [-0.15, -0.1) is 0 Å². The molecule has 1 saturated carbocycles. The molecule has 0 radical (unpaired) electrons. The Hall–Kier alpha value is -0.450. The summed E-state index contributed by atoms with van der Waals surface area (Å²) in [6.07, 6.45) is 7.82. The van der Waals surface area contributed by atoms with E-state index in [1.807, 2.05) is 0 Å². The number of ether oxygens (including phenoxy) is 2. The van der Waals surface area contributed by atoms with Gasteiger partial charge in [0, 0.05) is 37.7 Å². The molecule has 2 aliphatic heterocycles. The highest BCUT2D eigenvalue weighted by molar-refractivity contribution is 5.83. The van der Waals surface area contributed by atoms with Crippen LogP contribution in [0.25, 0.3) is 0 Å². The van der Waals surface area contributed by atoms with Crippen LogP contribution < -0.4 is 5.73 Å². The van der Waals surface area contributed by atoms with Crippen molar-refractivity contribution < 1.29 is 14.3 Å². The molecule has 2 saturated heterocycles. The van der Waals surface area contributed by atoms with Crippen LogP contribution in [0.15, 0.2) is 0 Å². The fraction of sp³-hybridized carbons (Fsp3) is 0.938. The van der Waals surface area contributed by atoms with E-state index in [0.717, 1.165) is 71.2 Å². The number of rotatable bonds is 2. The largest absolute Gasteiger partial charge is 0.381 e. The molecule has 0 aromatic rings. The van der Waals surface area contributed by atoms with E-state index < -0.39 is 0 Å². The molecule has 2 N–H and O–H groups in total. The van der Waals surface area contributed by atoms with E-state index in [2.05, 4.69) is 0 Å². The smallest absolute Gasteiger partial charge is 0.139 e. The molecule has 4 nitrogen and oxygen atoms in total. The predicted molar refractivity (Wildman–Crippen MR) is 76.4 cm³/mol. The summed E-state index contributed by atoms with van der Waals surface area (Å²) in [7, 11) is 0. The lowest BCUT2D eigenvalue weighted by atomic mass is 9.73. The lowest BCUT2D eigenvalue weighted by Crippen LogP contribution is -2.47. The molecule has 1 aliphatic carbocycles. The van der Waals surface area contributed by atoms with Gasteiger partial charge in [-0.05, 0) is 44.9 Å². The van der Waals surface area contributed by atoms with E-state index >= 15 is 0 Å². The van der Waals surface area contributed by atoms with Gasteiger partial charge in [-0.25, -0.2) is 0 Å². The molecule has 114 valence electrons. The number of ketones is 1. The quantitative estimate of drug-likeness (QED) is 0.841. The SMILES string of the molecule is NC1CCCC(C(=O)C2CCOC3(CCOCC3)C2)C1. The number of nitrogens with two attached hydrogens (primary N) is 1. The van der Waals surface area contributed by atoms with Crippen molar-refractivity contribution in [2.75, 3.05) is 19.8 Å². The van der Waals surface area contributed by atoms with Crippen molar-refractivity contribution in [1.82, 2.24) is 0 Å². The second kappa shape index (κ2) is 6.12. The average Bonchev–Trinajstić information content (AvgIpc) is 2.47. The minimum atomic E-state index is -0.0758. The highest BCUT2D eigenvalue weighted by Gasteiger charge is 2.42. The fourth-order valence-corrected chi connectivity index (χ4v) is 4.18. The van der Waals surface area contributed by atoms with Crippen LogP contribution in [-0.2, 0) is 14.3 Å². The van der Waals surface area contributed by atoms with Gasteiger partial charge in [-0.1, -0.05) is 6.42 Å². The zero-order chi connectivity index (χ0) is 14.0. The first kappa shape index (κ1) is 14.5. The molecule has 0 bridgehead atoms. The third-order valence-corrected chi connectivity index (χ3v) is 5.42. The Morgan fingerprint density at radius 3 is 2.60 bits per heavy atom. The summed E-state index contributed by atoms with van der Waals surface area (Å²) < 4.78 is 11.5. The summed E-state index contributed by atoms with van der Waals surface area (Å²) in [6, 6.07) is 0.231. The molecule has 3 rings (SSSR count). The zero-order valence-corrected chi connectivity index (χ0v) is 12.3. The first-order valence-corrected chi connectivity index (χ1v) is 8.20. The summed E-state index contributed by atoms with van der Waals surface area (Å²) in [6.45, 7) is 2.28. The maximum Gasteiger partial charge on any atom is 0.139 e. The number of carbonyl (C=O) groups excluding carboxylic acids is 1. The molecule has 3 aliphatic rings. The van der Waals surface area contributed by atoms with E-state index in [0.29, 0.717) is 5.78 Å². The van der Waals surface area contributed by atoms with Crippen LogP contribution in [0.4, 0.5) is 0 Å². The molecule has 0 aromatic carbocycles. The first-order chi connectivity index (χ1) is 9.69. The van der Waals surface area contributed by atoms with Crippen molar-refractivity contribution in [2.24, 2.45) is 17.6 Å². The Kier molecular flexibility index (Phi) is 4.43. The van der Waals surface area contributed by atoms with E-state index in [-0.39, 0.29) is 23.5 Å². The second-order valence-corrected chi connectivity index (χ2v) is 6.86. The molecule has 1 spiro atoms. The van der Waals surface area contributed by atoms with Gasteiger partial charge in [0.25, 0.3) is 0 Å².